The third-order valence-electron chi connectivity index (χ3n) is 2.28. The van der Waals surface area contributed by atoms with Crippen molar-refractivity contribution < 1.29 is 4.79 Å². The third kappa shape index (κ3) is 2.49. The highest BCUT2D eigenvalue weighted by Crippen LogP contribution is 2.37. The van der Waals surface area contributed by atoms with Gasteiger partial charge < -0.3 is 0 Å². The fraction of sp³-hybridized carbons (Fsp3) is 0.0909. The molecule has 0 saturated carbocycles. The number of thiazole rings is 1. The van der Waals surface area contributed by atoms with E-state index in [1.807, 2.05) is 0 Å². The van der Waals surface area contributed by atoms with Crippen LogP contribution in [0.25, 0.3) is 10.6 Å². The molecule has 0 spiro atoms. The fourth-order valence-electron chi connectivity index (χ4n) is 1.45. The first kappa shape index (κ1) is 13.3. The summed E-state index contributed by atoms with van der Waals surface area (Å²) >= 11 is 13.2. The Balaban J connectivity index is 2.49. The van der Waals surface area contributed by atoms with Crippen LogP contribution in [0.1, 0.15) is 5.69 Å². The van der Waals surface area contributed by atoms with Crippen molar-refractivity contribution in [3.05, 3.63) is 33.9 Å². The van der Waals surface area contributed by atoms with Crippen LogP contribution >= 0.6 is 34.5 Å². The average molecular weight is 302 g/mol. The number of halogens is 2. The molecule has 1 amide bonds. The van der Waals surface area contributed by atoms with E-state index in [2.05, 4.69) is 4.98 Å². The van der Waals surface area contributed by atoms with Crippen LogP contribution < -0.4 is 10.9 Å². The van der Waals surface area contributed by atoms with Gasteiger partial charge in [-0.1, -0.05) is 34.5 Å². The molecule has 2 N–H and O–H groups in total. The number of hydrazine groups is 1. The van der Waals surface area contributed by atoms with E-state index < -0.39 is 0 Å². The van der Waals surface area contributed by atoms with E-state index in [0.717, 1.165) is 10.6 Å². The van der Waals surface area contributed by atoms with Gasteiger partial charge in [-0.25, -0.2) is 15.8 Å². The number of hydrogen-bond donors (Lipinski definition) is 1. The lowest BCUT2D eigenvalue weighted by Crippen LogP contribution is -2.28. The second kappa shape index (κ2) is 5.24. The number of carbonyl (C=O) groups excluding carboxylic acids is 1. The lowest BCUT2D eigenvalue weighted by Gasteiger charge is -2.06. The van der Waals surface area contributed by atoms with Gasteiger partial charge in [0, 0.05) is 10.6 Å². The molecule has 0 atom stereocenters. The summed E-state index contributed by atoms with van der Waals surface area (Å²) in [5.41, 5.74) is 1.44. The quantitative estimate of drug-likeness (QED) is 0.410. The minimum absolute atomic E-state index is 0.512. The van der Waals surface area contributed by atoms with E-state index in [1.54, 1.807) is 25.1 Å². The molecule has 0 aliphatic heterocycles. The second-order valence-electron chi connectivity index (χ2n) is 3.55. The molecule has 0 fully saturated rings. The zero-order valence-corrected chi connectivity index (χ0v) is 11.7. The van der Waals surface area contributed by atoms with Crippen LogP contribution in [0.3, 0.4) is 0 Å². The Morgan fingerprint density at radius 1 is 1.44 bits per heavy atom. The standard InChI is InChI=1S/C11H9Cl2N3OS/c1-6-11(16(14)5-17)18-10(15-6)8-3-2-7(12)4-9(8)13/h2-5H,14H2,1H3. The van der Waals surface area contributed by atoms with Crippen molar-refractivity contribution in [2.45, 2.75) is 6.92 Å². The van der Waals surface area contributed by atoms with Crippen molar-refractivity contribution in [3.8, 4) is 10.6 Å². The van der Waals surface area contributed by atoms with Crippen LogP contribution in [0.15, 0.2) is 18.2 Å². The highest BCUT2D eigenvalue weighted by molar-refractivity contribution is 7.19. The van der Waals surface area contributed by atoms with Crippen LogP contribution in [-0.4, -0.2) is 11.4 Å². The number of benzene rings is 1. The number of nitrogens with two attached hydrogens (primary N) is 1. The van der Waals surface area contributed by atoms with Crippen molar-refractivity contribution in [3.63, 3.8) is 0 Å². The molecule has 1 heterocycles. The molecule has 0 radical (unpaired) electrons. The molecule has 7 heteroatoms. The fourth-order valence-corrected chi connectivity index (χ4v) is 3.00. The highest BCUT2D eigenvalue weighted by atomic mass is 35.5. The van der Waals surface area contributed by atoms with Gasteiger partial charge in [-0.15, -0.1) is 0 Å². The zero-order valence-electron chi connectivity index (χ0n) is 9.35. The number of carbonyl (C=O) groups is 1. The van der Waals surface area contributed by atoms with E-state index in [4.69, 9.17) is 29.0 Å². The number of rotatable bonds is 3. The molecular weight excluding hydrogens is 293 g/mol. The summed E-state index contributed by atoms with van der Waals surface area (Å²) in [6, 6.07) is 5.17. The Bertz CT molecular complexity index is 600. The monoisotopic (exact) mass is 301 g/mol. The number of aryl methyl sites for hydroxylation is 1. The van der Waals surface area contributed by atoms with Gasteiger partial charge in [0.15, 0.2) is 0 Å². The van der Waals surface area contributed by atoms with E-state index in [-0.39, 0.29) is 0 Å². The van der Waals surface area contributed by atoms with Gasteiger partial charge in [0.05, 0.1) is 10.7 Å². The normalized spacial score (nSPS) is 10.4. The Kier molecular flexibility index (Phi) is 3.87. The number of amides is 1. The lowest BCUT2D eigenvalue weighted by molar-refractivity contribution is -0.107. The van der Waals surface area contributed by atoms with E-state index in [0.29, 0.717) is 32.2 Å². The van der Waals surface area contributed by atoms with Crippen LogP contribution in [0.5, 0.6) is 0 Å². The smallest absolute Gasteiger partial charge is 0.229 e. The average Bonchev–Trinajstić information content (AvgIpc) is 2.70. The molecular formula is C11H9Cl2N3OS. The number of anilines is 1. The van der Waals surface area contributed by atoms with Crippen LogP contribution in [-0.2, 0) is 4.79 Å². The van der Waals surface area contributed by atoms with Gasteiger partial charge in [-0.05, 0) is 25.1 Å². The summed E-state index contributed by atoms with van der Waals surface area (Å²) in [6.07, 6.45) is 0.535. The predicted octanol–water partition coefficient (Wildman–Crippen LogP) is 3.26. The van der Waals surface area contributed by atoms with Crippen LogP contribution in [0, 0.1) is 6.92 Å². The van der Waals surface area contributed by atoms with Gasteiger partial charge in [-0.3, -0.25) is 4.79 Å². The summed E-state index contributed by atoms with van der Waals surface area (Å²) in [5.74, 6) is 5.53. The topological polar surface area (TPSA) is 59.2 Å². The maximum atomic E-state index is 10.7. The highest BCUT2D eigenvalue weighted by Gasteiger charge is 2.15. The molecule has 18 heavy (non-hydrogen) atoms. The zero-order chi connectivity index (χ0) is 13.3. The summed E-state index contributed by atoms with van der Waals surface area (Å²) in [4.78, 5) is 15.0. The largest absolute Gasteiger partial charge is 0.277 e. The Hall–Kier alpha value is -1.14. The molecule has 0 bridgehead atoms. The molecule has 1 aromatic carbocycles. The van der Waals surface area contributed by atoms with Gasteiger partial charge in [-0.2, -0.15) is 0 Å². The number of hydrogen-bond acceptors (Lipinski definition) is 4. The summed E-state index contributed by atoms with van der Waals surface area (Å²) < 4.78 is 0. The van der Waals surface area contributed by atoms with Gasteiger partial charge in [0.2, 0.25) is 6.41 Å². The van der Waals surface area contributed by atoms with Gasteiger partial charge >= 0.3 is 0 Å². The lowest BCUT2D eigenvalue weighted by atomic mass is 10.2. The number of aromatic nitrogens is 1. The molecule has 0 unspecified atom stereocenters. The molecule has 94 valence electrons. The first-order chi connectivity index (χ1) is 8.52. The Morgan fingerprint density at radius 3 is 2.78 bits per heavy atom. The first-order valence-corrected chi connectivity index (χ1v) is 6.52. The predicted molar refractivity (Wildman–Crippen MR) is 75.0 cm³/mol. The summed E-state index contributed by atoms with van der Waals surface area (Å²) in [7, 11) is 0. The maximum absolute atomic E-state index is 10.7. The van der Waals surface area contributed by atoms with Crippen molar-refractivity contribution >= 4 is 45.9 Å². The Morgan fingerprint density at radius 2 is 2.17 bits per heavy atom. The molecule has 0 aliphatic rings. The summed E-state index contributed by atoms with van der Waals surface area (Å²) in [6.45, 7) is 1.78. The van der Waals surface area contributed by atoms with E-state index in [1.165, 1.54) is 11.3 Å². The van der Waals surface area contributed by atoms with Gasteiger partial charge in [0.25, 0.3) is 0 Å². The van der Waals surface area contributed by atoms with E-state index in [9.17, 15) is 4.79 Å². The van der Waals surface area contributed by atoms with Crippen molar-refractivity contribution in [1.82, 2.24) is 4.98 Å². The van der Waals surface area contributed by atoms with Crippen molar-refractivity contribution in [2.75, 3.05) is 5.01 Å². The van der Waals surface area contributed by atoms with Crippen molar-refractivity contribution in [2.24, 2.45) is 5.84 Å². The SMILES string of the molecule is Cc1nc(-c2ccc(Cl)cc2Cl)sc1N(N)C=O. The summed E-state index contributed by atoms with van der Waals surface area (Å²) in [5, 5.41) is 3.36. The maximum Gasteiger partial charge on any atom is 0.229 e. The minimum Gasteiger partial charge on any atom is -0.277 e. The van der Waals surface area contributed by atoms with E-state index >= 15 is 0 Å². The van der Waals surface area contributed by atoms with Crippen molar-refractivity contribution in [1.29, 1.82) is 0 Å². The number of nitrogens with zero attached hydrogens (tertiary/aromatic N) is 2. The minimum atomic E-state index is 0.512. The molecule has 2 aromatic rings. The second-order valence-corrected chi connectivity index (χ2v) is 5.37. The van der Waals surface area contributed by atoms with Gasteiger partial charge in [0.1, 0.15) is 10.0 Å². The third-order valence-corrected chi connectivity index (χ3v) is 4.03. The molecule has 4 nitrogen and oxygen atoms in total. The molecule has 0 aliphatic carbocycles. The molecule has 1 aromatic heterocycles. The Labute approximate surface area is 118 Å². The molecule has 0 saturated heterocycles. The van der Waals surface area contributed by atoms with Crippen LogP contribution in [0.4, 0.5) is 5.00 Å². The first-order valence-electron chi connectivity index (χ1n) is 4.95. The molecule has 2 rings (SSSR count). The van der Waals surface area contributed by atoms with Crippen LogP contribution in [0.2, 0.25) is 10.0 Å².